The van der Waals surface area contributed by atoms with Gasteiger partial charge < -0.3 is 5.11 Å². The van der Waals surface area contributed by atoms with Gasteiger partial charge in [-0.1, -0.05) is 29.8 Å². The number of hydrogen-bond acceptors (Lipinski definition) is 2. The molecule has 20 heavy (non-hydrogen) atoms. The van der Waals surface area contributed by atoms with E-state index in [2.05, 4.69) is 4.98 Å². The first-order valence-electron chi connectivity index (χ1n) is 6.04. The summed E-state index contributed by atoms with van der Waals surface area (Å²) in [4.78, 5) is 15.6. The first kappa shape index (κ1) is 12.7. The highest BCUT2D eigenvalue weighted by molar-refractivity contribution is 6.30. The van der Waals surface area contributed by atoms with Gasteiger partial charge in [-0.15, -0.1) is 0 Å². The minimum atomic E-state index is -1.04. The molecule has 0 saturated carbocycles. The lowest BCUT2D eigenvalue weighted by atomic mass is 10.2. The number of hydrogen-bond donors (Lipinski definition) is 1. The Bertz CT molecular complexity index is 824. The summed E-state index contributed by atoms with van der Waals surface area (Å²) in [5.74, 6) is -0.469. The number of carboxylic acid groups (broad SMARTS) is 1. The van der Waals surface area contributed by atoms with Gasteiger partial charge in [0, 0.05) is 16.8 Å². The van der Waals surface area contributed by atoms with E-state index in [1.165, 1.54) is 0 Å². The zero-order valence-corrected chi connectivity index (χ0v) is 11.4. The van der Waals surface area contributed by atoms with Crippen LogP contribution in [0.15, 0.2) is 42.6 Å². The van der Waals surface area contributed by atoms with Crippen LogP contribution in [-0.4, -0.2) is 20.5 Å². The van der Waals surface area contributed by atoms with Gasteiger partial charge in [-0.25, -0.2) is 9.78 Å². The number of pyridine rings is 1. The number of fused-ring (bicyclic) bond motifs is 1. The van der Waals surface area contributed by atoms with Crippen LogP contribution < -0.4 is 0 Å². The molecule has 0 amide bonds. The molecule has 0 fully saturated rings. The van der Waals surface area contributed by atoms with Crippen molar-refractivity contribution in [3.05, 3.63) is 58.9 Å². The average Bonchev–Trinajstić information content (AvgIpc) is 2.77. The van der Waals surface area contributed by atoms with Crippen LogP contribution in [0.3, 0.4) is 0 Å². The summed E-state index contributed by atoms with van der Waals surface area (Å²) in [5, 5.41) is 9.85. The van der Waals surface area contributed by atoms with Crippen molar-refractivity contribution in [1.82, 2.24) is 9.38 Å². The summed E-state index contributed by atoms with van der Waals surface area (Å²) in [6, 6.07) is 10.8. The number of aryl methyl sites for hydroxylation is 1. The molecule has 0 aliphatic carbocycles. The molecule has 0 unspecified atom stereocenters. The molecule has 3 rings (SSSR count). The van der Waals surface area contributed by atoms with E-state index in [1.54, 1.807) is 22.6 Å². The van der Waals surface area contributed by atoms with Crippen molar-refractivity contribution in [2.75, 3.05) is 0 Å². The Morgan fingerprint density at radius 3 is 2.80 bits per heavy atom. The van der Waals surface area contributed by atoms with Crippen LogP contribution in [-0.2, 0) is 0 Å². The topological polar surface area (TPSA) is 54.6 Å². The van der Waals surface area contributed by atoms with E-state index < -0.39 is 5.97 Å². The van der Waals surface area contributed by atoms with Gasteiger partial charge in [-0.2, -0.15) is 0 Å². The van der Waals surface area contributed by atoms with Crippen LogP contribution in [0.2, 0.25) is 5.02 Å². The maximum atomic E-state index is 11.3. The van der Waals surface area contributed by atoms with Crippen LogP contribution in [0.4, 0.5) is 0 Å². The Labute approximate surface area is 120 Å². The fourth-order valence-electron chi connectivity index (χ4n) is 2.18. The lowest BCUT2D eigenvalue weighted by Crippen LogP contribution is -1.97. The van der Waals surface area contributed by atoms with Gasteiger partial charge in [0.15, 0.2) is 5.69 Å². The molecule has 0 aliphatic heterocycles. The highest BCUT2D eigenvalue weighted by atomic mass is 35.5. The molecule has 4 nitrogen and oxygen atoms in total. The van der Waals surface area contributed by atoms with Gasteiger partial charge >= 0.3 is 5.97 Å². The molecule has 5 heteroatoms. The van der Waals surface area contributed by atoms with E-state index in [0.29, 0.717) is 16.4 Å². The number of aromatic carboxylic acids is 1. The van der Waals surface area contributed by atoms with Crippen molar-refractivity contribution in [1.29, 1.82) is 0 Å². The molecule has 0 saturated heterocycles. The summed E-state index contributed by atoms with van der Waals surface area (Å²) in [6.07, 6.45) is 1.87. The second-order valence-electron chi connectivity index (χ2n) is 4.56. The van der Waals surface area contributed by atoms with Crippen molar-refractivity contribution in [3.63, 3.8) is 0 Å². The number of benzene rings is 1. The Morgan fingerprint density at radius 2 is 2.10 bits per heavy atom. The van der Waals surface area contributed by atoms with Gasteiger partial charge in [0.05, 0.1) is 5.52 Å². The van der Waals surface area contributed by atoms with E-state index in [0.717, 1.165) is 11.1 Å². The van der Waals surface area contributed by atoms with Crippen molar-refractivity contribution in [2.45, 2.75) is 6.92 Å². The summed E-state index contributed by atoms with van der Waals surface area (Å²) >= 11 is 5.99. The molecule has 1 aromatic carbocycles. The van der Waals surface area contributed by atoms with E-state index in [-0.39, 0.29) is 5.69 Å². The monoisotopic (exact) mass is 286 g/mol. The Hall–Kier alpha value is -2.33. The van der Waals surface area contributed by atoms with Crippen molar-refractivity contribution < 1.29 is 9.90 Å². The van der Waals surface area contributed by atoms with E-state index in [1.807, 2.05) is 31.3 Å². The summed E-state index contributed by atoms with van der Waals surface area (Å²) in [6.45, 7) is 1.95. The van der Waals surface area contributed by atoms with Gasteiger partial charge in [0.25, 0.3) is 0 Å². The molecular weight excluding hydrogens is 276 g/mol. The minimum absolute atomic E-state index is 0.0416. The predicted octanol–water partition coefficient (Wildman–Crippen LogP) is 3.66. The average molecular weight is 287 g/mol. The third-order valence-corrected chi connectivity index (χ3v) is 3.31. The van der Waals surface area contributed by atoms with Gasteiger partial charge in [0.1, 0.15) is 5.82 Å². The fourth-order valence-corrected chi connectivity index (χ4v) is 2.37. The standard InChI is InChI=1S/C15H11ClN2O2/c1-9-5-6-12-13(15(19)20)17-14(18(12)8-9)10-3-2-4-11(16)7-10/h2-8H,1H3,(H,19,20). The fraction of sp³-hybridized carbons (Fsp3) is 0.0667. The highest BCUT2D eigenvalue weighted by Crippen LogP contribution is 2.25. The third kappa shape index (κ3) is 2.04. The number of nitrogens with zero attached hydrogens (tertiary/aromatic N) is 2. The van der Waals surface area contributed by atoms with Crippen LogP contribution in [0.5, 0.6) is 0 Å². The van der Waals surface area contributed by atoms with E-state index in [4.69, 9.17) is 11.6 Å². The second kappa shape index (κ2) is 4.65. The normalized spacial score (nSPS) is 10.9. The van der Waals surface area contributed by atoms with Crippen LogP contribution in [0.1, 0.15) is 16.1 Å². The number of halogens is 1. The molecule has 1 N–H and O–H groups in total. The van der Waals surface area contributed by atoms with E-state index >= 15 is 0 Å². The second-order valence-corrected chi connectivity index (χ2v) is 5.00. The Morgan fingerprint density at radius 1 is 1.30 bits per heavy atom. The number of aromatic nitrogens is 2. The number of carboxylic acids is 1. The molecule has 0 aliphatic rings. The molecule has 0 spiro atoms. The molecule has 100 valence electrons. The zero-order valence-electron chi connectivity index (χ0n) is 10.7. The van der Waals surface area contributed by atoms with Gasteiger partial charge in [-0.3, -0.25) is 4.40 Å². The molecule has 3 aromatic rings. The van der Waals surface area contributed by atoms with Crippen LogP contribution in [0, 0.1) is 6.92 Å². The minimum Gasteiger partial charge on any atom is -0.476 e. The number of carbonyl (C=O) groups is 1. The maximum Gasteiger partial charge on any atom is 0.356 e. The summed E-state index contributed by atoms with van der Waals surface area (Å²) in [7, 11) is 0. The van der Waals surface area contributed by atoms with Crippen molar-refractivity contribution >= 4 is 23.1 Å². The highest BCUT2D eigenvalue weighted by Gasteiger charge is 2.17. The first-order chi connectivity index (χ1) is 9.56. The third-order valence-electron chi connectivity index (χ3n) is 3.07. The smallest absolute Gasteiger partial charge is 0.356 e. The van der Waals surface area contributed by atoms with Crippen molar-refractivity contribution in [2.24, 2.45) is 0 Å². The Balaban J connectivity index is 2.35. The van der Waals surface area contributed by atoms with E-state index in [9.17, 15) is 9.90 Å². The molecule has 2 heterocycles. The quantitative estimate of drug-likeness (QED) is 0.782. The van der Waals surface area contributed by atoms with Crippen LogP contribution >= 0.6 is 11.6 Å². The zero-order chi connectivity index (χ0) is 14.3. The summed E-state index contributed by atoms with van der Waals surface area (Å²) < 4.78 is 1.78. The lowest BCUT2D eigenvalue weighted by Gasteiger charge is -2.03. The summed E-state index contributed by atoms with van der Waals surface area (Å²) in [5.41, 5.74) is 2.42. The predicted molar refractivity (Wildman–Crippen MR) is 77.3 cm³/mol. The number of imidazole rings is 1. The van der Waals surface area contributed by atoms with Gasteiger partial charge in [0.2, 0.25) is 0 Å². The van der Waals surface area contributed by atoms with Gasteiger partial charge in [-0.05, 0) is 30.7 Å². The Kier molecular flexibility index (Phi) is 2.95. The van der Waals surface area contributed by atoms with Crippen molar-refractivity contribution in [3.8, 4) is 11.4 Å². The number of rotatable bonds is 2. The molecule has 2 aromatic heterocycles. The molecule has 0 atom stereocenters. The first-order valence-corrected chi connectivity index (χ1v) is 6.42. The van der Waals surface area contributed by atoms with Crippen LogP contribution in [0.25, 0.3) is 16.9 Å². The molecular formula is C15H11ClN2O2. The molecule has 0 radical (unpaired) electrons. The maximum absolute atomic E-state index is 11.3. The lowest BCUT2D eigenvalue weighted by molar-refractivity contribution is 0.0693. The molecule has 0 bridgehead atoms. The SMILES string of the molecule is Cc1ccc2c(C(=O)O)nc(-c3cccc(Cl)c3)n2c1. The largest absolute Gasteiger partial charge is 0.476 e.